The number of allylic oxidation sites excluding steroid dienone is 2. The molecule has 0 aromatic carbocycles. The lowest BCUT2D eigenvalue weighted by Crippen LogP contribution is -2.41. The molecule has 0 unspecified atom stereocenters. The van der Waals surface area contributed by atoms with Crippen molar-refractivity contribution in [2.75, 3.05) is 6.54 Å². The Morgan fingerprint density at radius 2 is 1.75 bits per heavy atom. The highest BCUT2D eigenvalue weighted by molar-refractivity contribution is 6.42. The van der Waals surface area contributed by atoms with Gasteiger partial charge in [-0.15, -0.1) is 0 Å². The second kappa shape index (κ2) is 3.64. The maximum atomic E-state index is 5.96. The van der Waals surface area contributed by atoms with Crippen LogP contribution in [-0.4, -0.2) is 29.8 Å². The van der Waals surface area contributed by atoms with E-state index >= 15 is 0 Å². The third kappa shape index (κ3) is 1.92. The first-order chi connectivity index (χ1) is 7.32. The largest absolute Gasteiger partial charge is 0.593 e. The molecule has 2 aliphatic heterocycles. The summed E-state index contributed by atoms with van der Waals surface area (Å²) in [6.45, 7) is 11.2. The molecule has 0 atom stereocenters. The molecule has 1 fully saturated rings. The first kappa shape index (κ1) is 11.7. The summed E-state index contributed by atoms with van der Waals surface area (Å²) < 4.78 is 11.9. The van der Waals surface area contributed by atoms with Gasteiger partial charge in [-0.25, -0.2) is 0 Å². The van der Waals surface area contributed by atoms with Crippen molar-refractivity contribution in [1.29, 1.82) is 0 Å². The highest BCUT2D eigenvalue weighted by Gasteiger charge is 2.53. The van der Waals surface area contributed by atoms with Gasteiger partial charge in [-0.3, -0.25) is 0 Å². The van der Waals surface area contributed by atoms with Crippen LogP contribution >= 0.6 is 0 Å². The summed E-state index contributed by atoms with van der Waals surface area (Å²) in [5, 5.41) is 0. The predicted molar refractivity (Wildman–Crippen MR) is 65.7 cm³/mol. The second-order valence-electron chi connectivity index (χ2n) is 5.52. The molecule has 2 rings (SSSR count). The van der Waals surface area contributed by atoms with E-state index in [9.17, 15) is 0 Å². The van der Waals surface area contributed by atoms with E-state index in [2.05, 4.69) is 51.6 Å². The fourth-order valence-electron chi connectivity index (χ4n) is 1.70. The molecule has 0 bridgehead atoms. The van der Waals surface area contributed by atoms with Gasteiger partial charge in [0.2, 0.25) is 0 Å². The third-order valence-electron chi connectivity index (χ3n) is 3.66. The topological polar surface area (TPSA) is 21.7 Å². The molecule has 0 aliphatic carbocycles. The molecule has 88 valence electrons. The monoisotopic (exact) mass is 221 g/mol. The summed E-state index contributed by atoms with van der Waals surface area (Å²) >= 11 is 0. The van der Waals surface area contributed by atoms with Gasteiger partial charge >= 0.3 is 7.25 Å². The van der Waals surface area contributed by atoms with Crippen molar-refractivity contribution in [1.82, 2.24) is 4.81 Å². The van der Waals surface area contributed by atoms with Gasteiger partial charge in [-0.1, -0.05) is 11.6 Å². The van der Waals surface area contributed by atoms with Crippen LogP contribution in [0, 0.1) is 0 Å². The van der Waals surface area contributed by atoms with Gasteiger partial charge in [0.25, 0.3) is 0 Å². The van der Waals surface area contributed by atoms with Crippen molar-refractivity contribution >= 4 is 7.25 Å². The average Bonchev–Trinajstić information content (AvgIpc) is 2.37. The fraction of sp³-hybridized carbons (Fsp3) is 0.667. The Hall–Kier alpha value is -0.735. The van der Waals surface area contributed by atoms with Crippen molar-refractivity contribution < 1.29 is 9.31 Å². The van der Waals surface area contributed by atoms with E-state index in [0.717, 1.165) is 6.54 Å². The first-order valence-electron chi connectivity index (χ1n) is 5.78. The highest BCUT2D eigenvalue weighted by atomic mass is 16.7. The number of rotatable bonds is 1. The van der Waals surface area contributed by atoms with Crippen LogP contribution in [0.2, 0.25) is 0 Å². The average molecular weight is 221 g/mol. The Kier molecular flexibility index (Phi) is 2.67. The number of hydrogen-bond acceptors (Lipinski definition) is 3. The lowest BCUT2D eigenvalue weighted by Gasteiger charge is -2.32. The molecule has 4 heteroatoms. The fourth-order valence-corrected chi connectivity index (χ4v) is 1.70. The Morgan fingerprint density at radius 3 is 2.19 bits per heavy atom. The van der Waals surface area contributed by atoms with Crippen molar-refractivity contribution in [3.8, 4) is 0 Å². The maximum absolute atomic E-state index is 5.96. The van der Waals surface area contributed by atoms with Gasteiger partial charge in [-0.2, -0.15) is 0 Å². The van der Waals surface area contributed by atoms with Crippen LogP contribution in [0.1, 0.15) is 34.6 Å². The van der Waals surface area contributed by atoms with Gasteiger partial charge in [0.05, 0.1) is 11.2 Å². The predicted octanol–water partition coefficient (Wildman–Crippen LogP) is 2.35. The van der Waals surface area contributed by atoms with Gasteiger partial charge in [0, 0.05) is 6.54 Å². The van der Waals surface area contributed by atoms with Crippen LogP contribution in [0.15, 0.2) is 23.9 Å². The van der Waals surface area contributed by atoms with E-state index in [1.54, 1.807) is 0 Å². The van der Waals surface area contributed by atoms with Crippen molar-refractivity contribution in [3.63, 3.8) is 0 Å². The van der Waals surface area contributed by atoms with Gasteiger partial charge in [-0.05, 0) is 46.9 Å². The highest BCUT2D eigenvalue weighted by Crippen LogP contribution is 2.37. The molecule has 0 N–H and O–H groups in total. The molecule has 16 heavy (non-hydrogen) atoms. The smallest absolute Gasteiger partial charge is 0.384 e. The Morgan fingerprint density at radius 1 is 1.19 bits per heavy atom. The van der Waals surface area contributed by atoms with Crippen molar-refractivity contribution in [3.05, 3.63) is 23.9 Å². The van der Waals surface area contributed by atoms with E-state index in [1.807, 2.05) is 6.20 Å². The van der Waals surface area contributed by atoms with Crippen LogP contribution in [0.3, 0.4) is 0 Å². The summed E-state index contributed by atoms with van der Waals surface area (Å²) in [7, 11) is -0.273. The van der Waals surface area contributed by atoms with Crippen LogP contribution in [0.25, 0.3) is 0 Å². The molecule has 0 aromatic heterocycles. The lowest BCUT2D eigenvalue weighted by atomic mass is 9.90. The van der Waals surface area contributed by atoms with Crippen LogP contribution in [-0.2, 0) is 9.31 Å². The van der Waals surface area contributed by atoms with E-state index in [-0.39, 0.29) is 18.5 Å². The SMILES string of the molecule is CC1=CCN(B2OC(C)(C)C(C)(C)O2)C=C1. The molecule has 1 saturated heterocycles. The minimum absolute atomic E-state index is 0.262. The maximum Gasteiger partial charge on any atom is 0.593 e. The molecule has 3 nitrogen and oxygen atoms in total. The second-order valence-corrected chi connectivity index (χ2v) is 5.52. The molecular formula is C12H20BNO2. The lowest BCUT2D eigenvalue weighted by molar-refractivity contribution is 0.00578. The van der Waals surface area contributed by atoms with E-state index < -0.39 is 0 Å². The standard InChI is InChI=1S/C12H20BNO2/c1-10-6-8-14(9-7-10)13-15-11(2,3)12(4,5)16-13/h6-8H,9H2,1-5H3. The molecule has 0 radical (unpaired) electrons. The quantitative estimate of drug-likeness (QED) is 0.634. The number of hydrogen-bond donors (Lipinski definition) is 0. The van der Waals surface area contributed by atoms with Gasteiger partial charge < -0.3 is 14.1 Å². The minimum Gasteiger partial charge on any atom is -0.384 e. The normalized spacial score (nSPS) is 27.2. The Balaban J connectivity index is 2.08. The molecule has 0 saturated carbocycles. The zero-order valence-corrected chi connectivity index (χ0v) is 10.8. The molecule has 2 heterocycles. The summed E-state index contributed by atoms with van der Waals surface area (Å²) in [5.41, 5.74) is 0.761. The van der Waals surface area contributed by atoms with Gasteiger partial charge in [0.15, 0.2) is 0 Å². The van der Waals surface area contributed by atoms with Crippen LogP contribution in [0.5, 0.6) is 0 Å². The van der Waals surface area contributed by atoms with Crippen LogP contribution in [0.4, 0.5) is 0 Å². The summed E-state index contributed by atoms with van der Waals surface area (Å²) in [5.74, 6) is 0. The Labute approximate surface area is 98.3 Å². The van der Waals surface area contributed by atoms with Gasteiger partial charge in [0.1, 0.15) is 0 Å². The molecule has 2 aliphatic rings. The van der Waals surface area contributed by atoms with Crippen molar-refractivity contribution in [2.45, 2.75) is 45.8 Å². The Bertz CT molecular complexity index is 331. The van der Waals surface area contributed by atoms with E-state index in [0.29, 0.717) is 0 Å². The first-order valence-corrected chi connectivity index (χ1v) is 5.78. The number of nitrogens with zero attached hydrogens (tertiary/aromatic N) is 1. The molecular weight excluding hydrogens is 201 g/mol. The molecule has 0 aromatic rings. The van der Waals surface area contributed by atoms with Crippen molar-refractivity contribution in [2.24, 2.45) is 0 Å². The zero-order chi connectivity index (χ0) is 12.0. The minimum atomic E-state index is -0.273. The summed E-state index contributed by atoms with van der Waals surface area (Å²) in [4.78, 5) is 2.07. The molecule has 0 amide bonds. The van der Waals surface area contributed by atoms with E-state index in [1.165, 1.54) is 5.57 Å². The summed E-state index contributed by atoms with van der Waals surface area (Å²) in [6.07, 6.45) is 6.29. The van der Waals surface area contributed by atoms with E-state index in [4.69, 9.17) is 9.31 Å². The molecule has 0 spiro atoms. The van der Waals surface area contributed by atoms with Crippen LogP contribution < -0.4 is 0 Å². The zero-order valence-electron chi connectivity index (χ0n) is 10.8. The third-order valence-corrected chi connectivity index (χ3v) is 3.66. The summed E-state index contributed by atoms with van der Waals surface area (Å²) in [6, 6.07) is 0.